The number of rotatable bonds is 26. The van der Waals surface area contributed by atoms with Crippen LogP contribution < -0.4 is 74.1 Å². The van der Waals surface area contributed by atoms with Crippen molar-refractivity contribution in [2.45, 2.75) is 130 Å². The molecule has 3 aromatic carbocycles. The molecule has 0 radical (unpaired) electrons. The number of fused-ring (bicyclic) bond motifs is 3. The van der Waals surface area contributed by atoms with Crippen molar-refractivity contribution in [3.63, 3.8) is 0 Å². The lowest BCUT2D eigenvalue weighted by molar-refractivity contribution is 0.0128. The quantitative estimate of drug-likeness (QED) is 0.0195. The molecule has 5 fully saturated rings. The molecule has 0 aliphatic carbocycles. The molecule has 12 aromatic rings. The van der Waals surface area contributed by atoms with E-state index in [0.717, 1.165) is 111 Å². The maximum absolute atomic E-state index is 12.6. The van der Waals surface area contributed by atoms with Crippen LogP contribution in [-0.4, -0.2) is 329 Å². The first kappa shape index (κ1) is 104. The number of aliphatic hydroxyl groups is 2. The van der Waals surface area contributed by atoms with Crippen LogP contribution in [0.4, 0.5) is 55.2 Å². The van der Waals surface area contributed by atoms with E-state index >= 15 is 0 Å². The number of ether oxygens (including phenoxy) is 12. The summed E-state index contributed by atoms with van der Waals surface area (Å²) in [4.78, 5) is 86.6. The fraction of sp³-hybridized carbons (Fsp3) is 0.479. The third-order valence-corrected chi connectivity index (χ3v) is 23.2. The van der Waals surface area contributed by atoms with Crippen molar-refractivity contribution in [3.8, 4) is 68.8 Å². The molecule has 0 spiro atoms. The Labute approximate surface area is 821 Å². The van der Waals surface area contributed by atoms with E-state index in [4.69, 9.17) is 95.2 Å². The van der Waals surface area contributed by atoms with Gasteiger partial charge in [-0.1, -0.05) is 0 Å². The number of aliphatic hydroxyl groups excluding tert-OH is 2. The zero-order chi connectivity index (χ0) is 100. The van der Waals surface area contributed by atoms with Crippen LogP contribution in [0.1, 0.15) is 110 Å². The molecule has 0 bridgehead atoms. The van der Waals surface area contributed by atoms with Gasteiger partial charge in [0.25, 0.3) is 0 Å². The molecule has 46 heteroatoms. The van der Waals surface area contributed by atoms with E-state index < -0.39 is 11.2 Å². The van der Waals surface area contributed by atoms with E-state index in [9.17, 15) is 24.3 Å². The van der Waals surface area contributed by atoms with Gasteiger partial charge in [-0.3, -0.25) is 14.6 Å². The average Bonchev–Trinajstić information content (AvgIpc) is 1.63. The summed E-state index contributed by atoms with van der Waals surface area (Å²) < 4.78 is 76.0. The number of carbonyl (C=O) groups excluding carboxylic acids is 4. The number of carbonyl (C=O) groups is 4. The molecule has 7 N–H and O–H groups in total. The highest BCUT2D eigenvalue weighted by atomic mass is 35.5. The third kappa shape index (κ3) is 26.3. The van der Waals surface area contributed by atoms with Crippen molar-refractivity contribution in [2.75, 3.05) is 190 Å². The molecule has 44 nitrogen and oxygen atoms in total. The lowest BCUT2D eigenvalue weighted by Gasteiger charge is -2.35. The topological polar surface area (TPSA) is 443 Å². The van der Waals surface area contributed by atoms with Crippen LogP contribution in [0.5, 0.6) is 51.7 Å². The lowest BCUT2D eigenvalue weighted by atomic mass is 10.2. The predicted octanol–water partition coefficient (Wildman–Crippen LogP) is 11.8. The van der Waals surface area contributed by atoms with Gasteiger partial charge in [0.1, 0.15) is 75.5 Å². The second-order valence-electron chi connectivity index (χ2n) is 36.0. The highest BCUT2D eigenvalue weighted by Crippen LogP contribution is 2.43. The number of piperazine rings is 3. The number of nitrogens with zero attached hydrogens (tertiary/aromatic N) is 21. The highest BCUT2D eigenvalue weighted by Gasteiger charge is 2.33. The van der Waals surface area contributed by atoms with Crippen molar-refractivity contribution in [3.05, 3.63) is 138 Å². The molecule has 754 valence electrons. The Balaban J connectivity index is 0.000000163. The predicted molar refractivity (Wildman–Crippen MR) is 526 cm³/mol. The first-order valence-corrected chi connectivity index (χ1v) is 46.5. The molecule has 2 atom stereocenters. The molecule has 140 heavy (non-hydrogen) atoms. The number of halogens is 2. The molecule has 9 aromatic heterocycles. The van der Waals surface area contributed by atoms with E-state index in [1.54, 1.807) is 137 Å². The minimum Gasteiger partial charge on any atom is -0.493 e. The van der Waals surface area contributed by atoms with Gasteiger partial charge in [0, 0.05) is 141 Å². The number of benzene rings is 3. The van der Waals surface area contributed by atoms with Crippen LogP contribution in [0.2, 0.25) is 10.6 Å². The van der Waals surface area contributed by atoms with Crippen molar-refractivity contribution >= 4 is 105 Å². The SMILES string of the molecule is CC(C)(C)OC(=O)N1CCNCC1.COc1cc(-n2cnc(Nc3nc(Cl)nn4c(C=O)ccc34)c2)cc(OC)c1OC.COc1cc(-n2cnc(Nc3nc(Cl)nn4c(CN5CCN(C(=O)OC(C)(C)C)CC5)ccc34)c2)cc(OC)c1OC.COc1cc(-n2cnc(Nc3nc(N4CCC[C@H]4CO)nn4c(CN5CCN(C(=O)OC(C)(C)C)CC5)ccc34)c2)cc(OC)c1OC.OC[C@@H]1CCCN1. The zero-order valence-corrected chi connectivity index (χ0v) is 83.8. The second-order valence-corrected chi connectivity index (χ2v) is 36.7. The van der Waals surface area contributed by atoms with Gasteiger partial charge < -0.3 is 127 Å². The minimum absolute atomic E-state index is 0.00615. The smallest absolute Gasteiger partial charge is 0.410 e. The summed E-state index contributed by atoms with van der Waals surface area (Å²) >= 11 is 12.4. The molecule has 5 saturated heterocycles. The summed E-state index contributed by atoms with van der Waals surface area (Å²) in [6, 6.07) is 22.7. The molecule has 5 aliphatic heterocycles. The molecule has 14 heterocycles. The Morgan fingerprint density at radius 3 is 1.14 bits per heavy atom. The molecular formula is C94H126Cl2N26O18. The fourth-order valence-corrected chi connectivity index (χ4v) is 16.4. The van der Waals surface area contributed by atoms with E-state index in [-0.39, 0.29) is 47.1 Å². The number of imidazole rings is 3. The van der Waals surface area contributed by atoms with E-state index in [2.05, 4.69) is 82.5 Å². The fourth-order valence-electron chi connectivity index (χ4n) is 16.0. The van der Waals surface area contributed by atoms with Gasteiger partial charge in [0.05, 0.1) is 130 Å². The Kier molecular flexibility index (Phi) is 34.7. The van der Waals surface area contributed by atoms with Crippen LogP contribution >= 0.6 is 23.2 Å². The van der Waals surface area contributed by atoms with Gasteiger partial charge >= 0.3 is 18.3 Å². The highest BCUT2D eigenvalue weighted by molar-refractivity contribution is 6.28. The normalized spacial score (nSPS) is 15.8. The molecular weight excluding hydrogens is 1850 g/mol. The number of nitrogens with one attached hydrogen (secondary N) is 5. The molecule has 0 saturated carbocycles. The Bertz CT molecular complexity index is 6120. The van der Waals surface area contributed by atoms with Crippen molar-refractivity contribution < 1.29 is 86.2 Å². The van der Waals surface area contributed by atoms with Crippen LogP contribution in [0.15, 0.2) is 110 Å². The number of hydrogen-bond donors (Lipinski definition) is 7. The van der Waals surface area contributed by atoms with Gasteiger partial charge in [-0.15, -0.1) is 15.3 Å². The summed E-state index contributed by atoms with van der Waals surface area (Å²) in [7, 11) is 14.1. The van der Waals surface area contributed by atoms with Gasteiger partial charge in [0.15, 0.2) is 58.2 Å². The van der Waals surface area contributed by atoms with Crippen LogP contribution in [0.3, 0.4) is 0 Å². The first-order chi connectivity index (χ1) is 67.2. The lowest BCUT2D eigenvalue weighted by Crippen LogP contribution is -2.49. The van der Waals surface area contributed by atoms with Crippen molar-refractivity contribution in [1.29, 1.82) is 0 Å². The standard InChI is InChI=1S/C33H45N9O6.C28H35ClN8O5.C19H17ClN6O4.C9H18N2O2.C5H11NO/c1-33(2,3)48-32(44)39-14-12-38(13-15-39)18-22-9-10-25-30(36-31(37-42(22)25)41-11-7-8-23(41)20-43)35-28-19-40(21-34-28)24-16-26(45-4)29(47-6)27(17-24)46-5;1-28(2,3)42-27(38)35-11-9-34(10-12-35)15-18-7-8-20-25(32-26(29)33-37(18)20)31-23-16-36(17-30-23)19-13-21(39-4)24(41-6)22(14-19)40-5;1-28-14-6-12(7-15(29-2)17(14)30-3)25-8-16(21-10-25)22-18-13-5-4-11(9-27)26(13)24-19(20)23-18;1-9(2,3)13-8(12)11-6-4-10-5-7-11;7-4-5-2-1-3-6-5/h9-10,16-17,19,21,23,43H,7-8,11-15,18,20H2,1-6H3,(H,35,36,37);7-8,13-14,16-17H,9-12,15H2,1-6H3,(H,31,32,33);4-10H,1-3H3,(H,22,23,24);10H,4-7H2,1-3H3;5-7H,1-4H2/t23-;;;;5-/m0...0/s1. The number of aromatic nitrogens is 15. The number of hydrogen-bond acceptors (Lipinski definition) is 35. The molecule has 3 amide bonds. The van der Waals surface area contributed by atoms with Gasteiger partial charge in [0.2, 0.25) is 33.8 Å². The Hall–Kier alpha value is -13.6. The number of aldehydes is 1. The molecule has 5 aliphatic rings. The van der Waals surface area contributed by atoms with Crippen molar-refractivity contribution in [2.24, 2.45) is 0 Å². The summed E-state index contributed by atoms with van der Waals surface area (Å²) in [6.07, 6.45) is 14.6. The minimum atomic E-state index is -0.526. The van der Waals surface area contributed by atoms with E-state index in [0.29, 0.717) is 175 Å². The van der Waals surface area contributed by atoms with Gasteiger partial charge in [-0.05, 0) is 154 Å². The third-order valence-electron chi connectivity index (χ3n) is 22.9. The summed E-state index contributed by atoms with van der Waals surface area (Å²) in [5, 5.41) is 48.3. The average molecular weight is 1980 g/mol. The van der Waals surface area contributed by atoms with Crippen LogP contribution in [-0.2, 0) is 27.3 Å². The molecule has 17 rings (SSSR count). The molecule has 0 unspecified atom stereocenters. The largest absolute Gasteiger partial charge is 0.493 e. The number of methoxy groups -OCH3 is 9. The van der Waals surface area contributed by atoms with Gasteiger partial charge in [-0.25, -0.2) is 42.9 Å². The summed E-state index contributed by atoms with van der Waals surface area (Å²) in [5.74, 6) is 8.42. The number of anilines is 7. The maximum atomic E-state index is 12.6. The second kappa shape index (κ2) is 46.9. The van der Waals surface area contributed by atoms with Crippen molar-refractivity contribution in [1.82, 2.24) is 108 Å². The monoisotopic (exact) mass is 1980 g/mol. The van der Waals surface area contributed by atoms with Crippen LogP contribution in [0, 0.1) is 0 Å². The summed E-state index contributed by atoms with van der Waals surface area (Å²) in [5.41, 5.74) is 5.31. The van der Waals surface area contributed by atoms with Gasteiger partial charge in [-0.2, -0.15) is 15.0 Å². The zero-order valence-electron chi connectivity index (χ0n) is 82.3. The van der Waals surface area contributed by atoms with Crippen LogP contribution in [0.25, 0.3) is 33.6 Å². The Morgan fingerprint density at radius 1 is 0.436 bits per heavy atom. The first-order valence-electron chi connectivity index (χ1n) is 45.8. The Morgan fingerprint density at radius 2 is 0.800 bits per heavy atom. The van der Waals surface area contributed by atoms with E-state index in [1.807, 2.05) is 131 Å². The van der Waals surface area contributed by atoms with E-state index in [1.165, 1.54) is 10.9 Å². The maximum Gasteiger partial charge on any atom is 0.410 e. The number of amides is 3. The summed E-state index contributed by atoms with van der Waals surface area (Å²) in [6.45, 7) is 28.8.